The maximum atomic E-state index is 13.5. The van der Waals surface area contributed by atoms with Gasteiger partial charge in [-0.1, -0.05) is 11.2 Å². The number of carbonyl (C=O) groups is 3. The van der Waals surface area contributed by atoms with E-state index >= 15 is 0 Å². The number of imide groups is 1. The number of aromatic nitrogens is 1. The van der Waals surface area contributed by atoms with Gasteiger partial charge in [0.25, 0.3) is 5.91 Å². The lowest BCUT2D eigenvalue weighted by molar-refractivity contribution is -0.133. The summed E-state index contributed by atoms with van der Waals surface area (Å²) in [5, 5.41) is 8.36. The predicted octanol–water partition coefficient (Wildman–Crippen LogP) is 1.67. The second-order valence-electron chi connectivity index (χ2n) is 5.95. The minimum atomic E-state index is -1.61. The fourth-order valence-corrected chi connectivity index (χ4v) is 2.59. The van der Waals surface area contributed by atoms with Crippen LogP contribution < -0.4 is 10.6 Å². The Kier molecular flexibility index (Phi) is 4.18. The van der Waals surface area contributed by atoms with Gasteiger partial charge in [0.2, 0.25) is 5.91 Å². The molecule has 1 aliphatic rings. The van der Waals surface area contributed by atoms with Gasteiger partial charge in [-0.3, -0.25) is 14.5 Å². The molecule has 26 heavy (non-hydrogen) atoms. The SMILES string of the molecule is Cc1cc(NC(=O)CN2C(=O)NC(C)(c3ccc(F)c(F)c3)C2=O)no1. The van der Waals surface area contributed by atoms with Gasteiger partial charge in [-0.2, -0.15) is 0 Å². The Balaban J connectivity index is 1.77. The Morgan fingerprint density at radius 3 is 2.65 bits per heavy atom. The highest BCUT2D eigenvalue weighted by Gasteiger charge is 2.49. The molecule has 3 rings (SSSR count). The van der Waals surface area contributed by atoms with Crippen molar-refractivity contribution in [1.29, 1.82) is 0 Å². The lowest BCUT2D eigenvalue weighted by Gasteiger charge is -2.22. The zero-order valence-electron chi connectivity index (χ0n) is 13.8. The highest BCUT2D eigenvalue weighted by molar-refractivity contribution is 6.10. The Morgan fingerprint density at radius 2 is 2.04 bits per heavy atom. The molecule has 10 heteroatoms. The molecule has 2 N–H and O–H groups in total. The maximum absolute atomic E-state index is 13.5. The normalized spacial score (nSPS) is 19.6. The smallest absolute Gasteiger partial charge is 0.325 e. The van der Waals surface area contributed by atoms with E-state index in [1.807, 2.05) is 0 Å². The van der Waals surface area contributed by atoms with Crippen molar-refractivity contribution in [2.75, 3.05) is 11.9 Å². The molecule has 1 aromatic heterocycles. The van der Waals surface area contributed by atoms with E-state index in [0.29, 0.717) is 10.7 Å². The van der Waals surface area contributed by atoms with Crippen molar-refractivity contribution >= 4 is 23.7 Å². The van der Waals surface area contributed by atoms with Crippen LogP contribution in [-0.4, -0.2) is 34.4 Å². The summed E-state index contributed by atoms with van der Waals surface area (Å²) in [6.07, 6.45) is 0. The van der Waals surface area contributed by atoms with Crippen LogP contribution in [0.1, 0.15) is 18.2 Å². The lowest BCUT2D eigenvalue weighted by atomic mass is 9.92. The van der Waals surface area contributed by atoms with Gasteiger partial charge < -0.3 is 15.2 Å². The lowest BCUT2D eigenvalue weighted by Crippen LogP contribution is -2.42. The van der Waals surface area contributed by atoms with Crippen LogP contribution in [0.4, 0.5) is 19.4 Å². The van der Waals surface area contributed by atoms with Crippen LogP contribution >= 0.6 is 0 Å². The van der Waals surface area contributed by atoms with Crippen LogP contribution in [0, 0.1) is 18.6 Å². The average molecular weight is 364 g/mol. The van der Waals surface area contributed by atoms with Gasteiger partial charge in [0.1, 0.15) is 17.8 Å². The van der Waals surface area contributed by atoms with Crippen molar-refractivity contribution in [3.8, 4) is 0 Å². The molecule has 136 valence electrons. The molecule has 0 radical (unpaired) electrons. The number of hydrogen-bond donors (Lipinski definition) is 2. The number of anilines is 1. The number of hydrogen-bond acceptors (Lipinski definition) is 5. The van der Waals surface area contributed by atoms with E-state index in [-0.39, 0.29) is 11.4 Å². The maximum Gasteiger partial charge on any atom is 0.325 e. The van der Waals surface area contributed by atoms with Crippen molar-refractivity contribution in [2.24, 2.45) is 0 Å². The molecule has 1 aromatic carbocycles. The molecule has 2 heterocycles. The molecule has 0 bridgehead atoms. The van der Waals surface area contributed by atoms with Crippen molar-refractivity contribution < 1.29 is 27.7 Å². The molecule has 1 aliphatic heterocycles. The molecule has 0 spiro atoms. The standard InChI is InChI=1S/C16H14F2N4O4/c1-8-5-12(21-26-8)19-13(23)7-22-14(24)16(2,20-15(22)25)9-3-4-10(17)11(18)6-9/h3-6H,7H2,1-2H3,(H,20,25)(H,19,21,23). The van der Waals surface area contributed by atoms with Crippen LogP contribution in [0.5, 0.6) is 0 Å². The Bertz CT molecular complexity index is 913. The minimum Gasteiger partial charge on any atom is -0.360 e. The number of nitrogens with one attached hydrogen (secondary N) is 2. The number of benzene rings is 1. The van der Waals surface area contributed by atoms with Gasteiger partial charge in [0.05, 0.1) is 0 Å². The van der Waals surface area contributed by atoms with Crippen molar-refractivity contribution in [1.82, 2.24) is 15.4 Å². The Labute approximate surface area is 146 Å². The summed E-state index contributed by atoms with van der Waals surface area (Å²) < 4.78 is 31.4. The number of aryl methyl sites for hydroxylation is 1. The highest BCUT2D eigenvalue weighted by Crippen LogP contribution is 2.29. The molecule has 1 atom stereocenters. The number of halogens is 2. The summed E-state index contributed by atoms with van der Waals surface area (Å²) in [7, 11) is 0. The Morgan fingerprint density at radius 1 is 1.31 bits per heavy atom. The highest BCUT2D eigenvalue weighted by atomic mass is 19.2. The zero-order valence-corrected chi connectivity index (χ0v) is 13.8. The van der Waals surface area contributed by atoms with Crippen LogP contribution in [0.15, 0.2) is 28.8 Å². The number of nitrogens with zero attached hydrogens (tertiary/aromatic N) is 2. The second kappa shape index (κ2) is 6.21. The molecule has 1 fully saturated rings. The summed E-state index contributed by atoms with van der Waals surface area (Å²) >= 11 is 0. The first-order valence-electron chi connectivity index (χ1n) is 7.53. The predicted molar refractivity (Wildman–Crippen MR) is 83.8 cm³/mol. The first kappa shape index (κ1) is 17.5. The molecule has 2 aromatic rings. The first-order valence-corrected chi connectivity index (χ1v) is 7.53. The molecule has 8 nitrogen and oxygen atoms in total. The number of urea groups is 1. The largest absolute Gasteiger partial charge is 0.360 e. The molecule has 0 saturated carbocycles. The fourth-order valence-electron chi connectivity index (χ4n) is 2.59. The van der Waals surface area contributed by atoms with Gasteiger partial charge in [-0.05, 0) is 31.5 Å². The molecule has 1 saturated heterocycles. The number of rotatable bonds is 4. The van der Waals surface area contributed by atoms with E-state index in [2.05, 4.69) is 15.8 Å². The van der Waals surface area contributed by atoms with E-state index in [9.17, 15) is 23.2 Å². The van der Waals surface area contributed by atoms with E-state index in [1.54, 1.807) is 6.92 Å². The van der Waals surface area contributed by atoms with Gasteiger partial charge >= 0.3 is 6.03 Å². The van der Waals surface area contributed by atoms with E-state index in [4.69, 9.17) is 4.52 Å². The third-order valence-electron chi connectivity index (χ3n) is 3.97. The minimum absolute atomic E-state index is 0.0600. The average Bonchev–Trinajstić information content (AvgIpc) is 3.07. The quantitative estimate of drug-likeness (QED) is 0.803. The van der Waals surface area contributed by atoms with Crippen LogP contribution in [0.2, 0.25) is 0 Å². The number of amides is 4. The summed E-state index contributed by atoms with van der Waals surface area (Å²) in [5.74, 6) is -3.04. The first-order chi connectivity index (χ1) is 12.2. The molecule has 1 unspecified atom stereocenters. The molecule has 0 aliphatic carbocycles. The summed E-state index contributed by atoms with van der Waals surface area (Å²) in [6, 6.07) is 3.52. The fraction of sp³-hybridized carbons (Fsp3) is 0.250. The third kappa shape index (κ3) is 3.01. The van der Waals surface area contributed by atoms with Crippen LogP contribution in [-0.2, 0) is 15.1 Å². The third-order valence-corrected chi connectivity index (χ3v) is 3.97. The van der Waals surface area contributed by atoms with Gasteiger partial charge in [0, 0.05) is 6.07 Å². The molecule has 4 amide bonds. The van der Waals surface area contributed by atoms with Crippen LogP contribution in [0.25, 0.3) is 0 Å². The van der Waals surface area contributed by atoms with E-state index in [0.717, 1.165) is 12.1 Å². The molecular formula is C16H14F2N4O4. The summed E-state index contributed by atoms with van der Waals surface area (Å²) in [5.41, 5.74) is -1.55. The number of carbonyl (C=O) groups excluding carboxylic acids is 3. The second-order valence-corrected chi connectivity index (χ2v) is 5.95. The summed E-state index contributed by atoms with van der Waals surface area (Å²) in [4.78, 5) is 37.5. The van der Waals surface area contributed by atoms with Crippen molar-refractivity contribution in [2.45, 2.75) is 19.4 Å². The topological polar surface area (TPSA) is 105 Å². The van der Waals surface area contributed by atoms with E-state index < -0.39 is 41.6 Å². The monoisotopic (exact) mass is 364 g/mol. The van der Waals surface area contributed by atoms with E-state index in [1.165, 1.54) is 19.1 Å². The molecular weight excluding hydrogens is 350 g/mol. The Hall–Kier alpha value is -3.30. The van der Waals surface area contributed by atoms with Crippen molar-refractivity contribution in [3.63, 3.8) is 0 Å². The van der Waals surface area contributed by atoms with Gasteiger partial charge in [0.15, 0.2) is 17.5 Å². The van der Waals surface area contributed by atoms with Gasteiger partial charge in [-0.15, -0.1) is 0 Å². The van der Waals surface area contributed by atoms with Crippen molar-refractivity contribution in [3.05, 3.63) is 47.2 Å². The van der Waals surface area contributed by atoms with Crippen LogP contribution in [0.3, 0.4) is 0 Å². The zero-order chi connectivity index (χ0) is 19.1. The summed E-state index contributed by atoms with van der Waals surface area (Å²) in [6.45, 7) is 2.40. The van der Waals surface area contributed by atoms with Gasteiger partial charge in [-0.25, -0.2) is 13.6 Å².